The zero-order valence-corrected chi connectivity index (χ0v) is 20.6. The molecule has 0 fully saturated rings. The molecule has 0 heterocycles. The summed E-state index contributed by atoms with van der Waals surface area (Å²) in [6.45, 7) is 5.67. The van der Waals surface area contributed by atoms with Crippen molar-refractivity contribution in [2.45, 2.75) is 46.2 Å². The molecular formula is C24H32FN3O4S. The Bertz CT molecular complexity index is 1090. The van der Waals surface area contributed by atoms with Crippen molar-refractivity contribution in [2.24, 2.45) is 0 Å². The van der Waals surface area contributed by atoms with E-state index in [4.69, 9.17) is 0 Å². The number of amides is 2. The van der Waals surface area contributed by atoms with Crippen LogP contribution in [0.1, 0.15) is 36.5 Å². The fourth-order valence-corrected chi connectivity index (χ4v) is 4.58. The van der Waals surface area contributed by atoms with E-state index in [9.17, 15) is 22.4 Å². The van der Waals surface area contributed by atoms with Gasteiger partial charge in [-0.15, -0.1) is 0 Å². The first-order chi connectivity index (χ1) is 15.5. The second-order valence-corrected chi connectivity index (χ2v) is 10.0. The molecule has 0 aliphatic heterocycles. The average Bonchev–Trinajstić information content (AvgIpc) is 2.76. The van der Waals surface area contributed by atoms with Gasteiger partial charge in [-0.1, -0.05) is 24.3 Å². The van der Waals surface area contributed by atoms with E-state index in [1.54, 1.807) is 31.2 Å². The minimum atomic E-state index is -3.55. The van der Waals surface area contributed by atoms with E-state index < -0.39 is 16.1 Å². The molecule has 180 valence electrons. The van der Waals surface area contributed by atoms with E-state index in [-0.39, 0.29) is 43.6 Å². The molecule has 9 heteroatoms. The third-order valence-electron chi connectivity index (χ3n) is 5.68. The normalized spacial score (nSPS) is 12.2. The van der Waals surface area contributed by atoms with Crippen LogP contribution in [-0.4, -0.2) is 51.0 Å². The van der Waals surface area contributed by atoms with Crippen LogP contribution < -0.4 is 9.62 Å². The second kappa shape index (κ2) is 11.3. The third-order valence-corrected chi connectivity index (χ3v) is 6.86. The number of anilines is 1. The van der Waals surface area contributed by atoms with Crippen LogP contribution in [0, 0.1) is 19.7 Å². The van der Waals surface area contributed by atoms with Crippen LogP contribution in [0.3, 0.4) is 0 Å². The Balaban J connectivity index is 2.17. The van der Waals surface area contributed by atoms with E-state index in [0.717, 1.165) is 17.4 Å². The van der Waals surface area contributed by atoms with Crippen molar-refractivity contribution in [3.05, 3.63) is 65.0 Å². The molecule has 0 radical (unpaired) electrons. The molecule has 0 saturated carbocycles. The average molecular weight is 478 g/mol. The minimum Gasteiger partial charge on any atom is -0.357 e. The highest BCUT2D eigenvalue weighted by molar-refractivity contribution is 7.92. The molecule has 2 amide bonds. The van der Waals surface area contributed by atoms with E-state index in [0.29, 0.717) is 11.3 Å². The van der Waals surface area contributed by atoms with Crippen molar-refractivity contribution >= 4 is 27.5 Å². The van der Waals surface area contributed by atoms with E-state index >= 15 is 0 Å². The molecule has 0 aliphatic carbocycles. The summed E-state index contributed by atoms with van der Waals surface area (Å²) in [5.74, 6) is -0.994. The highest BCUT2D eigenvalue weighted by Crippen LogP contribution is 2.25. The number of aryl methyl sites for hydroxylation is 1. The Morgan fingerprint density at radius 3 is 2.30 bits per heavy atom. The molecule has 2 rings (SSSR count). The first-order valence-electron chi connectivity index (χ1n) is 10.7. The maximum Gasteiger partial charge on any atom is 0.242 e. The van der Waals surface area contributed by atoms with Gasteiger partial charge in [0.2, 0.25) is 21.8 Å². The number of carbonyl (C=O) groups is 2. The predicted molar refractivity (Wildman–Crippen MR) is 128 cm³/mol. The van der Waals surface area contributed by atoms with Gasteiger partial charge in [0.15, 0.2) is 0 Å². The molecule has 0 saturated heterocycles. The van der Waals surface area contributed by atoms with Crippen LogP contribution >= 0.6 is 0 Å². The van der Waals surface area contributed by atoms with Gasteiger partial charge in [0, 0.05) is 26.6 Å². The number of carbonyl (C=O) groups excluding carboxylic acids is 2. The largest absolute Gasteiger partial charge is 0.357 e. The molecule has 33 heavy (non-hydrogen) atoms. The standard InChI is InChI=1S/C24H32FN3O4S/c1-17-8-6-9-22(18(17)2)28(33(5,31)32)15-7-10-23(29)27(19(3)24(30)26-4)16-20-11-13-21(25)14-12-20/h6,8-9,11-14,19H,7,10,15-16H2,1-5H3,(H,26,30). The molecule has 2 aromatic rings. The first kappa shape index (κ1) is 26.3. The van der Waals surface area contributed by atoms with Crippen LogP contribution in [0.15, 0.2) is 42.5 Å². The maximum absolute atomic E-state index is 13.3. The van der Waals surface area contributed by atoms with Crippen molar-refractivity contribution in [1.82, 2.24) is 10.2 Å². The molecule has 1 atom stereocenters. The number of rotatable bonds is 10. The zero-order valence-electron chi connectivity index (χ0n) is 19.8. The van der Waals surface area contributed by atoms with Crippen LogP contribution in [0.4, 0.5) is 10.1 Å². The summed E-state index contributed by atoms with van der Waals surface area (Å²) in [7, 11) is -2.06. The van der Waals surface area contributed by atoms with Crippen LogP contribution in [0.5, 0.6) is 0 Å². The number of benzene rings is 2. The highest BCUT2D eigenvalue weighted by atomic mass is 32.2. The zero-order chi connectivity index (χ0) is 24.8. The van der Waals surface area contributed by atoms with Crippen molar-refractivity contribution in [3.63, 3.8) is 0 Å². The number of sulfonamides is 1. The van der Waals surface area contributed by atoms with Gasteiger partial charge in [-0.2, -0.15) is 0 Å². The smallest absolute Gasteiger partial charge is 0.242 e. The summed E-state index contributed by atoms with van der Waals surface area (Å²) in [5.41, 5.74) is 3.11. The molecule has 7 nitrogen and oxygen atoms in total. The number of likely N-dealkylation sites (N-methyl/N-ethyl adjacent to an activating group) is 1. The summed E-state index contributed by atoms with van der Waals surface area (Å²) in [6, 6.07) is 10.5. The summed E-state index contributed by atoms with van der Waals surface area (Å²) < 4.78 is 39.5. The van der Waals surface area contributed by atoms with Crippen LogP contribution in [-0.2, 0) is 26.2 Å². The highest BCUT2D eigenvalue weighted by Gasteiger charge is 2.26. The Labute approximate surface area is 195 Å². The van der Waals surface area contributed by atoms with Crippen LogP contribution in [0.2, 0.25) is 0 Å². The molecule has 1 unspecified atom stereocenters. The topological polar surface area (TPSA) is 86.8 Å². The minimum absolute atomic E-state index is 0.0550. The Kier molecular flexibility index (Phi) is 8.99. The summed E-state index contributed by atoms with van der Waals surface area (Å²) in [5, 5.41) is 2.54. The van der Waals surface area contributed by atoms with Gasteiger partial charge in [-0.3, -0.25) is 13.9 Å². The second-order valence-electron chi connectivity index (χ2n) is 8.10. The van der Waals surface area contributed by atoms with Gasteiger partial charge in [0.25, 0.3) is 0 Å². The number of nitrogens with zero attached hydrogens (tertiary/aromatic N) is 2. The molecule has 0 spiro atoms. The lowest BCUT2D eigenvalue weighted by Crippen LogP contribution is -2.46. The Morgan fingerprint density at radius 1 is 1.09 bits per heavy atom. The number of hydrogen-bond acceptors (Lipinski definition) is 4. The number of nitrogens with one attached hydrogen (secondary N) is 1. The Hall–Kier alpha value is -2.94. The fraction of sp³-hybridized carbons (Fsp3) is 0.417. The Morgan fingerprint density at radius 2 is 1.73 bits per heavy atom. The first-order valence-corrected chi connectivity index (χ1v) is 12.6. The van der Waals surface area contributed by atoms with Gasteiger partial charge in [0.05, 0.1) is 11.9 Å². The molecule has 0 aromatic heterocycles. The third kappa shape index (κ3) is 7.02. The predicted octanol–water partition coefficient (Wildman–Crippen LogP) is 3.15. The lowest BCUT2D eigenvalue weighted by molar-refractivity contribution is -0.140. The summed E-state index contributed by atoms with van der Waals surface area (Å²) in [6.07, 6.45) is 1.48. The van der Waals surface area contributed by atoms with Gasteiger partial charge >= 0.3 is 0 Å². The van der Waals surface area contributed by atoms with Gasteiger partial charge < -0.3 is 10.2 Å². The van der Waals surface area contributed by atoms with E-state index in [1.165, 1.54) is 28.4 Å². The molecular weight excluding hydrogens is 445 g/mol. The monoisotopic (exact) mass is 477 g/mol. The number of hydrogen-bond donors (Lipinski definition) is 1. The molecule has 0 bridgehead atoms. The fourth-order valence-electron chi connectivity index (χ4n) is 3.57. The van der Waals surface area contributed by atoms with Crippen molar-refractivity contribution in [1.29, 1.82) is 0 Å². The lowest BCUT2D eigenvalue weighted by atomic mass is 10.1. The van der Waals surface area contributed by atoms with E-state index in [2.05, 4.69) is 5.32 Å². The van der Waals surface area contributed by atoms with Crippen molar-refractivity contribution in [2.75, 3.05) is 24.2 Å². The van der Waals surface area contributed by atoms with Gasteiger partial charge in [0.1, 0.15) is 11.9 Å². The molecule has 0 aliphatic rings. The quantitative estimate of drug-likeness (QED) is 0.570. The lowest BCUT2D eigenvalue weighted by Gasteiger charge is -2.29. The number of halogens is 1. The van der Waals surface area contributed by atoms with Crippen molar-refractivity contribution in [3.8, 4) is 0 Å². The van der Waals surface area contributed by atoms with Gasteiger partial charge in [-0.05, 0) is 62.1 Å². The van der Waals surface area contributed by atoms with Crippen molar-refractivity contribution < 1.29 is 22.4 Å². The molecule has 2 aromatic carbocycles. The summed E-state index contributed by atoms with van der Waals surface area (Å²) in [4.78, 5) is 26.7. The summed E-state index contributed by atoms with van der Waals surface area (Å²) >= 11 is 0. The van der Waals surface area contributed by atoms with Gasteiger partial charge in [-0.25, -0.2) is 12.8 Å². The van der Waals surface area contributed by atoms with E-state index in [1.807, 2.05) is 19.9 Å². The van der Waals surface area contributed by atoms with Crippen LogP contribution in [0.25, 0.3) is 0 Å². The maximum atomic E-state index is 13.3. The SMILES string of the molecule is CNC(=O)C(C)N(Cc1ccc(F)cc1)C(=O)CCCN(c1cccc(C)c1C)S(C)(=O)=O. The molecule has 1 N–H and O–H groups in total.